The van der Waals surface area contributed by atoms with Gasteiger partial charge in [0.25, 0.3) is 0 Å². The fourth-order valence-corrected chi connectivity index (χ4v) is 5.03. The summed E-state index contributed by atoms with van der Waals surface area (Å²) in [5.41, 5.74) is 3.50. The van der Waals surface area contributed by atoms with E-state index in [0.29, 0.717) is 5.41 Å². The Kier molecular flexibility index (Phi) is 5.84. The third kappa shape index (κ3) is 4.02. The van der Waals surface area contributed by atoms with Gasteiger partial charge >= 0.3 is 0 Å². The molecule has 0 unspecified atom stereocenters. The van der Waals surface area contributed by atoms with E-state index in [2.05, 4.69) is 98.7 Å². The SMILES string of the molecule is CN(C)CC1(Cc2ccccc2)CCC(c2ccccc2)(N(C)C)CC1. The lowest BCUT2D eigenvalue weighted by atomic mass is 9.62. The number of hydrogen-bond donors (Lipinski definition) is 0. The molecular formula is C24H34N2. The lowest BCUT2D eigenvalue weighted by Gasteiger charge is -2.51. The summed E-state index contributed by atoms with van der Waals surface area (Å²) in [7, 11) is 8.95. The van der Waals surface area contributed by atoms with E-state index in [0.717, 1.165) is 0 Å². The monoisotopic (exact) mass is 350 g/mol. The molecule has 0 saturated heterocycles. The lowest BCUT2D eigenvalue weighted by molar-refractivity contribution is 0.0217. The van der Waals surface area contributed by atoms with Crippen molar-refractivity contribution in [1.29, 1.82) is 0 Å². The molecule has 0 aromatic heterocycles. The molecule has 2 aromatic carbocycles. The van der Waals surface area contributed by atoms with E-state index in [9.17, 15) is 0 Å². The van der Waals surface area contributed by atoms with Gasteiger partial charge in [-0.05, 0) is 76.8 Å². The van der Waals surface area contributed by atoms with Crippen LogP contribution in [0.25, 0.3) is 0 Å². The average molecular weight is 351 g/mol. The summed E-state index contributed by atoms with van der Waals surface area (Å²) in [6, 6.07) is 22.2. The molecule has 1 fully saturated rings. The molecule has 0 atom stereocenters. The molecule has 0 amide bonds. The first-order chi connectivity index (χ1) is 12.5. The Bertz CT molecular complexity index is 668. The number of rotatable bonds is 6. The molecule has 1 aliphatic carbocycles. The van der Waals surface area contributed by atoms with Gasteiger partial charge in [-0.25, -0.2) is 0 Å². The zero-order valence-electron chi connectivity index (χ0n) is 16.9. The van der Waals surface area contributed by atoms with Crippen molar-refractivity contribution in [3.63, 3.8) is 0 Å². The molecule has 2 heteroatoms. The van der Waals surface area contributed by atoms with Crippen LogP contribution in [0.2, 0.25) is 0 Å². The first-order valence-corrected chi connectivity index (χ1v) is 9.87. The minimum absolute atomic E-state index is 0.174. The van der Waals surface area contributed by atoms with Crippen LogP contribution in [0.1, 0.15) is 36.8 Å². The van der Waals surface area contributed by atoms with Crippen molar-refractivity contribution in [3.05, 3.63) is 71.8 Å². The predicted octanol–water partition coefficient (Wildman–Crippen LogP) is 4.81. The summed E-state index contributed by atoms with van der Waals surface area (Å²) in [6.45, 7) is 1.17. The van der Waals surface area contributed by atoms with Gasteiger partial charge in [0.1, 0.15) is 0 Å². The van der Waals surface area contributed by atoms with Gasteiger partial charge in [-0.2, -0.15) is 0 Å². The third-order valence-corrected chi connectivity index (χ3v) is 6.38. The van der Waals surface area contributed by atoms with Gasteiger partial charge in [0.2, 0.25) is 0 Å². The molecule has 3 rings (SSSR count). The zero-order valence-corrected chi connectivity index (χ0v) is 16.9. The van der Waals surface area contributed by atoms with Crippen molar-refractivity contribution in [3.8, 4) is 0 Å². The zero-order chi connectivity index (χ0) is 18.6. The van der Waals surface area contributed by atoms with E-state index < -0.39 is 0 Å². The largest absolute Gasteiger partial charge is 0.309 e. The quantitative estimate of drug-likeness (QED) is 0.738. The van der Waals surface area contributed by atoms with E-state index in [1.807, 2.05) is 0 Å². The Morgan fingerprint density at radius 1 is 0.731 bits per heavy atom. The normalized spacial score (nSPS) is 26.4. The van der Waals surface area contributed by atoms with Crippen molar-refractivity contribution in [1.82, 2.24) is 9.80 Å². The van der Waals surface area contributed by atoms with Crippen molar-refractivity contribution in [2.75, 3.05) is 34.7 Å². The van der Waals surface area contributed by atoms with Gasteiger partial charge in [0.15, 0.2) is 0 Å². The van der Waals surface area contributed by atoms with E-state index in [1.54, 1.807) is 0 Å². The molecule has 2 aromatic rings. The molecular weight excluding hydrogens is 316 g/mol. The Balaban J connectivity index is 1.85. The fraction of sp³-hybridized carbons (Fsp3) is 0.500. The standard InChI is InChI=1S/C24H34N2/c1-25(2)20-23(19-21-11-7-5-8-12-21)15-17-24(18-16-23,26(3)4)22-13-9-6-10-14-22/h5-14H,15-20H2,1-4H3. The molecule has 140 valence electrons. The highest BCUT2D eigenvalue weighted by Gasteiger charge is 2.45. The smallest absolute Gasteiger partial charge is 0.0455 e. The van der Waals surface area contributed by atoms with Crippen LogP contribution in [-0.2, 0) is 12.0 Å². The second-order valence-corrected chi connectivity index (χ2v) is 8.69. The summed E-state index contributed by atoms with van der Waals surface area (Å²) in [5.74, 6) is 0. The minimum atomic E-state index is 0.174. The first-order valence-electron chi connectivity index (χ1n) is 9.87. The van der Waals surface area contributed by atoms with E-state index in [-0.39, 0.29) is 5.54 Å². The highest BCUT2D eigenvalue weighted by atomic mass is 15.1. The van der Waals surface area contributed by atoms with Gasteiger partial charge in [-0.3, -0.25) is 4.90 Å². The minimum Gasteiger partial charge on any atom is -0.309 e. The maximum Gasteiger partial charge on any atom is 0.0455 e. The molecule has 0 bridgehead atoms. The number of nitrogens with zero attached hydrogens (tertiary/aromatic N) is 2. The van der Waals surface area contributed by atoms with Gasteiger partial charge in [0, 0.05) is 12.1 Å². The Hall–Kier alpha value is -1.64. The molecule has 0 N–H and O–H groups in total. The van der Waals surface area contributed by atoms with Crippen molar-refractivity contribution in [2.24, 2.45) is 5.41 Å². The lowest BCUT2D eigenvalue weighted by Crippen LogP contribution is -2.49. The number of hydrogen-bond acceptors (Lipinski definition) is 2. The Morgan fingerprint density at radius 3 is 1.77 bits per heavy atom. The van der Waals surface area contributed by atoms with Gasteiger partial charge in [0.05, 0.1) is 0 Å². The van der Waals surface area contributed by atoms with Crippen LogP contribution >= 0.6 is 0 Å². The number of benzene rings is 2. The summed E-state index contributed by atoms with van der Waals surface area (Å²) < 4.78 is 0. The molecule has 0 spiro atoms. The molecule has 0 aliphatic heterocycles. The molecule has 0 radical (unpaired) electrons. The van der Waals surface area contributed by atoms with Crippen LogP contribution in [-0.4, -0.2) is 44.5 Å². The second-order valence-electron chi connectivity index (χ2n) is 8.69. The highest BCUT2D eigenvalue weighted by molar-refractivity contribution is 5.26. The van der Waals surface area contributed by atoms with Crippen molar-refractivity contribution in [2.45, 2.75) is 37.6 Å². The van der Waals surface area contributed by atoms with Gasteiger partial charge in [-0.15, -0.1) is 0 Å². The maximum absolute atomic E-state index is 2.46. The van der Waals surface area contributed by atoms with Crippen LogP contribution in [0.5, 0.6) is 0 Å². The van der Waals surface area contributed by atoms with Crippen LogP contribution in [0, 0.1) is 5.41 Å². The predicted molar refractivity (Wildman–Crippen MR) is 111 cm³/mol. The van der Waals surface area contributed by atoms with Gasteiger partial charge < -0.3 is 4.90 Å². The fourth-order valence-electron chi connectivity index (χ4n) is 5.03. The van der Waals surface area contributed by atoms with E-state index in [1.165, 1.54) is 49.8 Å². The summed E-state index contributed by atoms with van der Waals surface area (Å²) in [5, 5.41) is 0. The van der Waals surface area contributed by atoms with Crippen LogP contribution in [0.15, 0.2) is 60.7 Å². The van der Waals surface area contributed by atoms with Crippen LogP contribution in [0.4, 0.5) is 0 Å². The van der Waals surface area contributed by atoms with Crippen LogP contribution in [0.3, 0.4) is 0 Å². The maximum atomic E-state index is 2.46. The summed E-state index contributed by atoms with van der Waals surface area (Å²) in [4.78, 5) is 4.85. The molecule has 2 nitrogen and oxygen atoms in total. The van der Waals surface area contributed by atoms with Gasteiger partial charge in [-0.1, -0.05) is 60.7 Å². The molecule has 1 aliphatic rings. The Morgan fingerprint density at radius 2 is 1.27 bits per heavy atom. The topological polar surface area (TPSA) is 6.48 Å². The average Bonchev–Trinajstić information content (AvgIpc) is 2.63. The Labute approximate surface area is 159 Å². The van der Waals surface area contributed by atoms with Crippen LogP contribution < -0.4 is 0 Å². The first kappa shape index (κ1) is 19.1. The summed E-state index contributed by atoms with van der Waals surface area (Å²) >= 11 is 0. The molecule has 1 saturated carbocycles. The molecule has 26 heavy (non-hydrogen) atoms. The van der Waals surface area contributed by atoms with E-state index in [4.69, 9.17) is 0 Å². The highest BCUT2D eigenvalue weighted by Crippen LogP contribution is 2.49. The third-order valence-electron chi connectivity index (χ3n) is 6.38. The summed E-state index contributed by atoms with van der Waals surface area (Å²) in [6.07, 6.45) is 6.18. The van der Waals surface area contributed by atoms with Crippen molar-refractivity contribution >= 4 is 0 Å². The molecule has 0 heterocycles. The van der Waals surface area contributed by atoms with Crippen molar-refractivity contribution < 1.29 is 0 Å². The van der Waals surface area contributed by atoms with E-state index >= 15 is 0 Å². The second kappa shape index (κ2) is 7.94.